The molecule has 0 aliphatic carbocycles. The third-order valence-electron chi connectivity index (χ3n) is 4.11. The van der Waals surface area contributed by atoms with Crippen LogP contribution in [0.25, 0.3) is 21.9 Å². The van der Waals surface area contributed by atoms with Crippen molar-refractivity contribution in [3.63, 3.8) is 0 Å². The van der Waals surface area contributed by atoms with Gasteiger partial charge in [0.15, 0.2) is 5.58 Å². The molecule has 0 radical (unpaired) electrons. The van der Waals surface area contributed by atoms with E-state index in [2.05, 4.69) is 4.72 Å². The van der Waals surface area contributed by atoms with Crippen LogP contribution in [-0.2, 0) is 17.1 Å². The summed E-state index contributed by atoms with van der Waals surface area (Å²) in [5, 5.41) is 1.74. The average molecular weight is 354 g/mol. The van der Waals surface area contributed by atoms with E-state index in [4.69, 9.17) is 4.42 Å². The molecule has 4 rings (SSSR count). The topological polar surface area (TPSA) is 81.3 Å². The van der Waals surface area contributed by atoms with Crippen molar-refractivity contribution >= 4 is 37.6 Å². The number of hydrogen-bond acceptors (Lipinski definition) is 4. The number of anilines is 1. The normalized spacial score (nSPS) is 11.9. The van der Waals surface area contributed by atoms with Crippen LogP contribution in [0.1, 0.15) is 0 Å². The second kappa shape index (κ2) is 5.49. The summed E-state index contributed by atoms with van der Waals surface area (Å²) in [6, 6.07) is 17.3. The zero-order valence-corrected chi connectivity index (χ0v) is 14.1. The highest BCUT2D eigenvalue weighted by Crippen LogP contribution is 2.26. The lowest BCUT2D eigenvalue weighted by atomic mass is 10.1. The Hall–Kier alpha value is -3.06. The van der Waals surface area contributed by atoms with Crippen molar-refractivity contribution < 1.29 is 12.8 Å². The fourth-order valence-corrected chi connectivity index (χ4v) is 3.89. The van der Waals surface area contributed by atoms with Gasteiger partial charge in [0.05, 0.1) is 16.1 Å². The van der Waals surface area contributed by atoms with Crippen molar-refractivity contribution in [2.24, 2.45) is 7.05 Å². The number of benzene rings is 3. The van der Waals surface area contributed by atoms with E-state index in [0.717, 1.165) is 10.8 Å². The number of aromatic nitrogens is 1. The molecule has 1 aromatic heterocycles. The maximum absolute atomic E-state index is 12.7. The Bertz CT molecular complexity index is 1260. The molecule has 0 fully saturated rings. The van der Waals surface area contributed by atoms with Crippen LogP contribution >= 0.6 is 0 Å². The van der Waals surface area contributed by atoms with E-state index in [9.17, 15) is 13.2 Å². The summed E-state index contributed by atoms with van der Waals surface area (Å²) in [5.41, 5.74) is 1.26. The zero-order chi connectivity index (χ0) is 17.6. The minimum absolute atomic E-state index is 0.0299. The fraction of sp³-hybridized carbons (Fsp3) is 0.0556. The smallest absolute Gasteiger partial charge is 0.408 e. The first-order valence-corrected chi connectivity index (χ1v) is 9.04. The van der Waals surface area contributed by atoms with Gasteiger partial charge in [0, 0.05) is 18.5 Å². The maximum Gasteiger partial charge on any atom is 0.419 e. The lowest BCUT2D eigenvalue weighted by molar-refractivity contribution is 0.527. The van der Waals surface area contributed by atoms with Crippen LogP contribution in [0, 0.1) is 0 Å². The molecule has 7 heteroatoms. The van der Waals surface area contributed by atoms with Gasteiger partial charge in [-0.3, -0.25) is 9.29 Å². The first kappa shape index (κ1) is 15.5. The highest BCUT2D eigenvalue weighted by molar-refractivity contribution is 7.92. The Morgan fingerprint density at radius 3 is 2.60 bits per heavy atom. The molecule has 0 atom stereocenters. The SMILES string of the molecule is Cn1c(=O)oc2cc(S(=O)(=O)Nc3cccc4ccccc34)ccc21. The summed E-state index contributed by atoms with van der Waals surface area (Å²) < 4.78 is 34.5. The van der Waals surface area contributed by atoms with Crippen LogP contribution in [0.15, 0.2) is 74.8 Å². The monoisotopic (exact) mass is 354 g/mol. The number of sulfonamides is 1. The quantitative estimate of drug-likeness (QED) is 0.613. The molecule has 1 N–H and O–H groups in total. The van der Waals surface area contributed by atoms with Crippen LogP contribution in [0.5, 0.6) is 0 Å². The van der Waals surface area contributed by atoms with E-state index in [1.165, 1.54) is 16.7 Å². The number of nitrogens with one attached hydrogen (secondary N) is 1. The molecule has 0 saturated heterocycles. The average Bonchev–Trinajstić information content (AvgIpc) is 2.89. The maximum atomic E-state index is 12.7. The summed E-state index contributed by atoms with van der Waals surface area (Å²) >= 11 is 0. The molecule has 0 aliphatic rings. The molecular weight excluding hydrogens is 340 g/mol. The van der Waals surface area contributed by atoms with Gasteiger partial charge in [-0.2, -0.15) is 0 Å². The van der Waals surface area contributed by atoms with E-state index >= 15 is 0 Å². The Morgan fingerprint density at radius 2 is 1.76 bits per heavy atom. The number of nitrogens with zero attached hydrogens (tertiary/aromatic N) is 1. The summed E-state index contributed by atoms with van der Waals surface area (Å²) in [7, 11) is -2.25. The van der Waals surface area contributed by atoms with Gasteiger partial charge in [-0.15, -0.1) is 0 Å². The van der Waals surface area contributed by atoms with Gasteiger partial charge < -0.3 is 4.42 Å². The highest BCUT2D eigenvalue weighted by Gasteiger charge is 2.18. The van der Waals surface area contributed by atoms with Crippen LogP contribution in [-0.4, -0.2) is 13.0 Å². The number of oxazole rings is 1. The number of rotatable bonds is 3. The van der Waals surface area contributed by atoms with E-state index in [-0.39, 0.29) is 10.5 Å². The van der Waals surface area contributed by atoms with Gasteiger partial charge in [0.25, 0.3) is 10.0 Å². The summed E-state index contributed by atoms with van der Waals surface area (Å²) in [4.78, 5) is 11.6. The van der Waals surface area contributed by atoms with Crippen molar-refractivity contribution in [1.82, 2.24) is 4.57 Å². The van der Waals surface area contributed by atoms with Crippen LogP contribution in [0.3, 0.4) is 0 Å². The minimum atomic E-state index is -3.82. The number of fused-ring (bicyclic) bond motifs is 2. The highest BCUT2D eigenvalue weighted by atomic mass is 32.2. The largest absolute Gasteiger partial charge is 0.419 e. The molecule has 126 valence electrons. The third-order valence-corrected chi connectivity index (χ3v) is 5.47. The molecule has 0 spiro atoms. The molecule has 0 bridgehead atoms. The van der Waals surface area contributed by atoms with Crippen molar-refractivity contribution in [2.45, 2.75) is 4.90 Å². The van der Waals surface area contributed by atoms with Gasteiger partial charge in [0.1, 0.15) is 0 Å². The molecule has 6 nitrogen and oxygen atoms in total. The van der Waals surface area contributed by atoms with E-state index in [1.807, 2.05) is 30.3 Å². The molecule has 0 amide bonds. The molecule has 3 aromatic carbocycles. The second-order valence-electron chi connectivity index (χ2n) is 5.69. The predicted octanol–water partition coefficient (Wildman–Crippen LogP) is 3.09. The summed E-state index contributed by atoms with van der Waals surface area (Å²) in [6.45, 7) is 0. The predicted molar refractivity (Wildman–Crippen MR) is 96.2 cm³/mol. The minimum Gasteiger partial charge on any atom is -0.408 e. The second-order valence-corrected chi connectivity index (χ2v) is 7.37. The van der Waals surface area contributed by atoms with Gasteiger partial charge in [-0.25, -0.2) is 13.2 Å². The number of aryl methyl sites for hydroxylation is 1. The Kier molecular flexibility index (Phi) is 3.40. The summed E-state index contributed by atoms with van der Waals surface area (Å²) in [5.74, 6) is -0.536. The first-order chi connectivity index (χ1) is 12.0. The fourth-order valence-electron chi connectivity index (χ4n) is 2.80. The van der Waals surface area contributed by atoms with Crippen LogP contribution < -0.4 is 10.5 Å². The van der Waals surface area contributed by atoms with Crippen molar-refractivity contribution in [3.8, 4) is 0 Å². The lowest BCUT2D eigenvalue weighted by Gasteiger charge is -2.10. The molecule has 0 unspecified atom stereocenters. The Balaban J connectivity index is 1.80. The summed E-state index contributed by atoms with van der Waals surface area (Å²) in [6.07, 6.45) is 0. The van der Waals surface area contributed by atoms with Gasteiger partial charge in [-0.1, -0.05) is 36.4 Å². The molecule has 25 heavy (non-hydrogen) atoms. The first-order valence-electron chi connectivity index (χ1n) is 7.56. The molecule has 0 saturated carbocycles. The van der Waals surface area contributed by atoms with Crippen LogP contribution in [0.4, 0.5) is 5.69 Å². The molecular formula is C18H14N2O4S. The van der Waals surface area contributed by atoms with E-state index in [0.29, 0.717) is 11.2 Å². The molecule has 1 heterocycles. The lowest BCUT2D eigenvalue weighted by Crippen LogP contribution is -2.13. The van der Waals surface area contributed by atoms with E-state index < -0.39 is 15.8 Å². The third kappa shape index (κ3) is 2.58. The van der Waals surface area contributed by atoms with Gasteiger partial charge >= 0.3 is 5.76 Å². The van der Waals surface area contributed by atoms with Crippen molar-refractivity contribution in [1.29, 1.82) is 0 Å². The Morgan fingerprint density at radius 1 is 1.00 bits per heavy atom. The van der Waals surface area contributed by atoms with Crippen molar-refractivity contribution in [3.05, 3.63) is 71.2 Å². The van der Waals surface area contributed by atoms with Gasteiger partial charge in [-0.05, 0) is 23.6 Å². The molecule has 4 aromatic rings. The van der Waals surface area contributed by atoms with Crippen LogP contribution in [0.2, 0.25) is 0 Å². The standard InChI is InChI=1S/C18H14N2O4S/c1-20-16-10-9-13(11-17(16)24-18(20)21)25(22,23)19-15-8-4-6-12-5-2-3-7-14(12)15/h2-11,19H,1H3. The van der Waals surface area contributed by atoms with Crippen molar-refractivity contribution in [2.75, 3.05) is 4.72 Å². The van der Waals surface area contributed by atoms with Gasteiger partial charge in [0.2, 0.25) is 0 Å². The Labute approximate surface area is 143 Å². The number of hydrogen-bond donors (Lipinski definition) is 1. The van der Waals surface area contributed by atoms with E-state index in [1.54, 1.807) is 25.2 Å². The zero-order valence-electron chi connectivity index (χ0n) is 13.3. The molecule has 0 aliphatic heterocycles.